The summed E-state index contributed by atoms with van der Waals surface area (Å²) in [5.74, 6) is -0.0989. The number of fused-ring (bicyclic) bond motifs is 1. The van der Waals surface area contributed by atoms with E-state index < -0.39 is 5.91 Å². The first-order chi connectivity index (χ1) is 15.2. The minimum Gasteiger partial charge on any atom is -0.366 e. The summed E-state index contributed by atoms with van der Waals surface area (Å²) in [4.78, 5) is 23.7. The number of carbonyl (C=O) groups is 1. The molecule has 1 aliphatic heterocycles. The predicted molar refractivity (Wildman–Crippen MR) is 123 cm³/mol. The summed E-state index contributed by atoms with van der Waals surface area (Å²) >= 11 is 0. The maximum Gasteiger partial charge on any atom is 0.249 e. The van der Waals surface area contributed by atoms with Crippen LogP contribution in [-0.4, -0.2) is 33.9 Å². The number of amides is 1. The molecule has 1 aliphatic rings. The summed E-state index contributed by atoms with van der Waals surface area (Å²) in [5.41, 5.74) is 11.4. The smallest absolute Gasteiger partial charge is 0.249 e. The van der Waals surface area contributed by atoms with Crippen molar-refractivity contribution >= 4 is 16.8 Å². The molecule has 1 amide bonds. The van der Waals surface area contributed by atoms with Crippen LogP contribution in [0.5, 0.6) is 0 Å². The molecule has 1 fully saturated rings. The minimum absolute atomic E-state index is 0.301. The fourth-order valence-corrected chi connectivity index (χ4v) is 4.40. The SMILES string of the molecule is NC(=O)c1cc([C@@H]2CCN(Cc3ccc(-c4ccccn4)cc3)C2)nc2ccccc12. The largest absolute Gasteiger partial charge is 0.366 e. The van der Waals surface area contributed by atoms with E-state index in [-0.39, 0.29) is 0 Å². The fraction of sp³-hybridized carbons (Fsp3) is 0.192. The van der Waals surface area contributed by atoms with Crippen LogP contribution in [-0.2, 0) is 6.54 Å². The van der Waals surface area contributed by atoms with E-state index in [4.69, 9.17) is 10.7 Å². The highest BCUT2D eigenvalue weighted by Crippen LogP contribution is 2.30. The van der Waals surface area contributed by atoms with Gasteiger partial charge in [0.05, 0.1) is 16.8 Å². The van der Waals surface area contributed by atoms with Gasteiger partial charge < -0.3 is 5.73 Å². The molecule has 0 unspecified atom stereocenters. The Morgan fingerprint density at radius 2 is 1.84 bits per heavy atom. The van der Waals surface area contributed by atoms with Crippen molar-refractivity contribution in [1.29, 1.82) is 0 Å². The Bertz CT molecular complexity index is 1220. The van der Waals surface area contributed by atoms with Crippen LogP contribution in [0.2, 0.25) is 0 Å². The molecule has 3 heterocycles. The van der Waals surface area contributed by atoms with E-state index in [9.17, 15) is 4.79 Å². The summed E-state index contributed by atoms with van der Waals surface area (Å²) < 4.78 is 0. The molecular weight excluding hydrogens is 384 g/mol. The molecule has 2 aromatic carbocycles. The Kier molecular flexibility index (Phi) is 5.18. The number of rotatable bonds is 5. The van der Waals surface area contributed by atoms with Crippen molar-refractivity contribution in [2.24, 2.45) is 5.73 Å². The number of carbonyl (C=O) groups excluding carboxylic acids is 1. The maximum absolute atomic E-state index is 12.0. The number of pyridine rings is 2. The van der Waals surface area contributed by atoms with E-state index in [1.165, 1.54) is 5.56 Å². The molecule has 5 nitrogen and oxygen atoms in total. The van der Waals surface area contributed by atoms with Crippen molar-refractivity contribution in [2.45, 2.75) is 18.9 Å². The normalized spacial score (nSPS) is 16.6. The molecule has 0 spiro atoms. The van der Waals surface area contributed by atoms with E-state index >= 15 is 0 Å². The average molecular weight is 409 g/mol. The van der Waals surface area contributed by atoms with E-state index in [1.54, 1.807) is 0 Å². The maximum atomic E-state index is 12.0. The number of nitrogens with two attached hydrogens (primary N) is 1. The summed E-state index contributed by atoms with van der Waals surface area (Å²) in [6.07, 6.45) is 2.84. The number of hydrogen-bond donors (Lipinski definition) is 1. The topological polar surface area (TPSA) is 72.1 Å². The number of primary amides is 1. The number of likely N-dealkylation sites (tertiary alicyclic amines) is 1. The number of nitrogens with zero attached hydrogens (tertiary/aromatic N) is 3. The molecule has 2 N–H and O–H groups in total. The number of benzene rings is 2. The highest BCUT2D eigenvalue weighted by molar-refractivity contribution is 6.05. The first-order valence-corrected chi connectivity index (χ1v) is 10.6. The first kappa shape index (κ1) is 19.4. The van der Waals surface area contributed by atoms with Crippen molar-refractivity contribution in [3.8, 4) is 11.3 Å². The zero-order chi connectivity index (χ0) is 21.2. The van der Waals surface area contributed by atoms with Gasteiger partial charge in [0.2, 0.25) is 5.91 Å². The third-order valence-electron chi connectivity index (χ3n) is 6.01. The van der Waals surface area contributed by atoms with Gasteiger partial charge in [-0.05, 0) is 42.8 Å². The van der Waals surface area contributed by atoms with Crippen molar-refractivity contribution in [1.82, 2.24) is 14.9 Å². The van der Waals surface area contributed by atoms with E-state index in [1.807, 2.05) is 54.7 Å². The molecule has 154 valence electrons. The summed E-state index contributed by atoms with van der Waals surface area (Å²) in [7, 11) is 0. The third-order valence-corrected chi connectivity index (χ3v) is 6.01. The molecule has 0 radical (unpaired) electrons. The Hall–Kier alpha value is -3.57. The molecule has 0 saturated carbocycles. The summed E-state index contributed by atoms with van der Waals surface area (Å²) in [6.45, 7) is 2.83. The van der Waals surface area contributed by atoms with Gasteiger partial charge in [-0.3, -0.25) is 19.7 Å². The standard InChI is InChI=1S/C26H24N4O/c27-26(31)22-15-25(29-24-7-2-1-5-21(22)24)20-12-14-30(17-20)16-18-8-10-19(11-9-18)23-6-3-4-13-28-23/h1-11,13,15,20H,12,14,16-17H2,(H2,27,31)/t20-/m1/s1. The molecule has 2 aromatic heterocycles. The van der Waals surface area contributed by atoms with Gasteiger partial charge in [-0.2, -0.15) is 0 Å². The second kappa shape index (κ2) is 8.28. The van der Waals surface area contributed by atoms with Crippen LogP contribution in [0.3, 0.4) is 0 Å². The minimum atomic E-state index is -0.400. The van der Waals surface area contributed by atoms with Crippen molar-refractivity contribution in [3.63, 3.8) is 0 Å². The molecule has 5 rings (SSSR count). The van der Waals surface area contributed by atoms with Gasteiger partial charge in [0.25, 0.3) is 0 Å². The van der Waals surface area contributed by atoms with Gasteiger partial charge in [0.1, 0.15) is 0 Å². The average Bonchev–Trinajstić information content (AvgIpc) is 3.28. The van der Waals surface area contributed by atoms with Crippen LogP contribution in [0.4, 0.5) is 0 Å². The molecule has 5 heteroatoms. The lowest BCUT2D eigenvalue weighted by molar-refractivity contribution is 0.100. The van der Waals surface area contributed by atoms with Crippen LogP contribution < -0.4 is 5.73 Å². The Balaban J connectivity index is 1.31. The van der Waals surface area contributed by atoms with Crippen LogP contribution >= 0.6 is 0 Å². The van der Waals surface area contributed by atoms with Crippen LogP contribution in [0, 0.1) is 0 Å². The fourth-order valence-electron chi connectivity index (χ4n) is 4.40. The quantitative estimate of drug-likeness (QED) is 0.532. The van der Waals surface area contributed by atoms with E-state index in [0.29, 0.717) is 11.5 Å². The Morgan fingerprint density at radius 1 is 1.03 bits per heavy atom. The van der Waals surface area contributed by atoms with Crippen LogP contribution in [0.1, 0.15) is 34.0 Å². The predicted octanol–water partition coefficient (Wildman–Crippen LogP) is 4.39. The lowest BCUT2D eigenvalue weighted by atomic mass is 9.99. The van der Waals surface area contributed by atoms with Gasteiger partial charge in [0.15, 0.2) is 0 Å². The zero-order valence-corrected chi connectivity index (χ0v) is 17.2. The summed E-state index contributed by atoms with van der Waals surface area (Å²) in [5, 5.41) is 0.821. The van der Waals surface area contributed by atoms with Gasteiger partial charge >= 0.3 is 0 Å². The molecule has 0 aliphatic carbocycles. The van der Waals surface area contributed by atoms with Gasteiger partial charge in [-0.1, -0.05) is 48.5 Å². The monoisotopic (exact) mass is 408 g/mol. The van der Waals surface area contributed by atoms with Crippen molar-refractivity contribution in [2.75, 3.05) is 13.1 Å². The molecule has 0 bridgehead atoms. The lowest BCUT2D eigenvalue weighted by Gasteiger charge is -2.17. The molecule has 1 saturated heterocycles. The van der Waals surface area contributed by atoms with Gasteiger partial charge in [-0.25, -0.2) is 0 Å². The third kappa shape index (κ3) is 4.05. The molecule has 4 aromatic rings. The van der Waals surface area contributed by atoms with E-state index in [2.05, 4.69) is 34.1 Å². The number of hydrogen-bond acceptors (Lipinski definition) is 4. The summed E-state index contributed by atoms with van der Waals surface area (Å²) in [6, 6.07) is 24.2. The second-order valence-electron chi connectivity index (χ2n) is 8.11. The van der Waals surface area contributed by atoms with Crippen molar-refractivity contribution in [3.05, 3.63) is 95.8 Å². The Labute approximate surface area is 181 Å². The van der Waals surface area contributed by atoms with Crippen molar-refractivity contribution < 1.29 is 4.79 Å². The zero-order valence-electron chi connectivity index (χ0n) is 17.2. The lowest BCUT2D eigenvalue weighted by Crippen LogP contribution is -2.20. The number of para-hydroxylation sites is 1. The Morgan fingerprint density at radius 3 is 2.61 bits per heavy atom. The van der Waals surface area contributed by atoms with E-state index in [0.717, 1.165) is 53.9 Å². The highest BCUT2D eigenvalue weighted by Gasteiger charge is 2.26. The van der Waals surface area contributed by atoms with Crippen LogP contribution in [0.15, 0.2) is 79.0 Å². The molecule has 31 heavy (non-hydrogen) atoms. The molecule has 1 atom stereocenters. The number of aromatic nitrogens is 2. The van der Waals surface area contributed by atoms with Gasteiger partial charge in [0, 0.05) is 41.8 Å². The van der Waals surface area contributed by atoms with Crippen LogP contribution in [0.25, 0.3) is 22.2 Å². The van der Waals surface area contributed by atoms with Gasteiger partial charge in [-0.15, -0.1) is 0 Å². The molecular formula is C26H24N4O. The highest BCUT2D eigenvalue weighted by atomic mass is 16.1. The first-order valence-electron chi connectivity index (χ1n) is 10.6. The second-order valence-corrected chi connectivity index (χ2v) is 8.11.